The minimum absolute atomic E-state index is 0.127. The molecular formula is C21H28N4O2. The van der Waals surface area contributed by atoms with Crippen LogP contribution in [0, 0.1) is 0 Å². The SMILES string of the molecule is C[C@@H](C(=O)N1CCC(O)(Cn2ccnc2)CC1)N1CCc2ccccc2C1. The van der Waals surface area contributed by atoms with Gasteiger partial charge >= 0.3 is 0 Å². The third kappa shape index (κ3) is 3.92. The van der Waals surface area contributed by atoms with Crippen molar-refractivity contribution in [2.75, 3.05) is 19.6 Å². The topological polar surface area (TPSA) is 61.6 Å². The molecule has 0 spiro atoms. The molecule has 1 amide bonds. The van der Waals surface area contributed by atoms with Crippen molar-refractivity contribution >= 4 is 5.91 Å². The van der Waals surface area contributed by atoms with Crippen LogP contribution in [0.2, 0.25) is 0 Å². The number of fused-ring (bicyclic) bond motifs is 1. The first-order valence-electron chi connectivity index (χ1n) is 9.82. The van der Waals surface area contributed by atoms with Gasteiger partial charge in [-0.2, -0.15) is 0 Å². The number of amides is 1. The molecule has 1 fully saturated rings. The lowest BCUT2D eigenvalue weighted by molar-refractivity contribution is -0.141. The summed E-state index contributed by atoms with van der Waals surface area (Å²) in [5.41, 5.74) is 1.97. The Labute approximate surface area is 160 Å². The zero-order valence-corrected chi connectivity index (χ0v) is 15.9. The van der Waals surface area contributed by atoms with Crippen molar-refractivity contribution in [1.29, 1.82) is 0 Å². The van der Waals surface area contributed by atoms with E-state index in [1.54, 1.807) is 12.5 Å². The summed E-state index contributed by atoms with van der Waals surface area (Å²) in [4.78, 5) is 21.3. The van der Waals surface area contributed by atoms with E-state index in [9.17, 15) is 9.90 Å². The molecule has 27 heavy (non-hydrogen) atoms. The summed E-state index contributed by atoms with van der Waals surface area (Å²) in [6.07, 6.45) is 7.52. The molecule has 6 nitrogen and oxygen atoms in total. The molecule has 0 unspecified atom stereocenters. The average Bonchev–Trinajstić information content (AvgIpc) is 3.19. The highest BCUT2D eigenvalue weighted by atomic mass is 16.3. The molecule has 0 aliphatic carbocycles. The molecule has 2 aliphatic heterocycles. The summed E-state index contributed by atoms with van der Waals surface area (Å²) >= 11 is 0. The molecule has 3 heterocycles. The first-order valence-corrected chi connectivity index (χ1v) is 9.82. The lowest BCUT2D eigenvalue weighted by Crippen LogP contribution is -2.54. The van der Waals surface area contributed by atoms with E-state index in [4.69, 9.17) is 0 Å². The van der Waals surface area contributed by atoms with E-state index in [1.807, 2.05) is 22.6 Å². The highest BCUT2D eigenvalue weighted by Crippen LogP contribution is 2.26. The van der Waals surface area contributed by atoms with Crippen molar-refractivity contribution < 1.29 is 9.90 Å². The number of likely N-dealkylation sites (tertiary alicyclic amines) is 1. The normalized spacial score (nSPS) is 20.9. The molecule has 2 aromatic rings. The van der Waals surface area contributed by atoms with Crippen LogP contribution in [0.1, 0.15) is 30.9 Å². The number of benzene rings is 1. The molecule has 1 aromatic carbocycles. The monoisotopic (exact) mass is 368 g/mol. The van der Waals surface area contributed by atoms with Crippen molar-refractivity contribution in [3.8, 4) is 0 Å². The van der Waals surface area contributed by atoms with Gasteiger partial charge in [-0.15, -0.1) is 0 Å². The van der Waals surface area contributed by atoms with E-state index < -0.39 is 5.60 Å². The molecule has 1 N–H and O–H groups in total. The van der Waals surface area contributed by atoms with E-state index in [0.29, 0.717) is 32.5 Å². The Kier molecular flexibility index (Phi) is 5.02. The van der Waals surface area contributed by atoms with Crippen molar-refractivity contribution in [1.82, 2.24) is 19.4 Å². The molecule has 2 aliphatic rings. The molecule has 1 atom stereocenters. The Morgan fingerprint density at radius 3 is 2.67 bits per heavy atom. The second-order valence-electron chi connectivity index (χ2n) is 7.95. The number of aliphatic hydroxyl groups is 1. The van der Waals surface area contributed by atoms with Gasteiger partial charge in [-0.1, -0.05) is 24.3 Å². The molecule has 0 bridgehead atoms. The minimum atomic E-state index is -0.759. The van der Waals surface area contributed by atoms with E-state index in [-0.39, 0.29) is 11.9 Å². The fourth-order valence-corrected chi connectivity index (χ4v) is 4.29. The number of hydrogen-bond acceptors (Lipinski definition) is 4. The Bertz CT molecular complexity index is 781. The van der Waals surface area contributed by atoms with Gasteiger partial charge in [0.15, 0.2) is 0 Å². The maximum atomic E-state index is 13.0. The predicted octanol–water partition coefficient (Wildman–Crippen LogP) is 1.68. The second kappa shape index (κ2) is 7.44. The van der Waals surface area contributed by atoms with Crippen LogP contribution in [0.5, 0.6) is 0 Å². The molecule has 4 rings (SSSR count). The predicted molar refractivity (Wildman–Crippen MR) is 103 cm³/mol. The molecule has 0 radical (unpaired) electrons. The van der Waals surface area contributed by atoms with Gasteiger partial charge in [-0.3, -0.25) is 9.69 Å². The maximum absolute atomic E-state index is 13.0. The number of aromatic nitrogens is 2. The van der Waals surface area contributed by atoms with E-state index in [2.05, 4.69) is 34.1 Å². The van der Waals surface area contributed by atoms with Gasteiger partial charge in [0, 0.05) is 38.6 Å². The van der Waals surface area contributed by atoms with E-state index >= 15 is 0 Å². The van der Waals surface area contributed by atoms with Crippen LogP contribution in [0.4, 0.5) is 0 Å². The summed E-state index contributed by atoms with van der Waals surface area (Å²) in [6.45, 7) is 5.53. The maximum Gasteiger partial charge on any atom is 0.239 e. The van der Waals surface area contributed by atoms with Gasteiger partial charge in [0.1, 0.15) is 0 Å². The zero-order valence-electron chi connectivity index (χ0n) is 15.9. The van der Waals surface area contributed by atoms with Crippen LogP contribution < -0.4 is 0 Å². The lowest BCUT2D eigenvalue weighted by Gasteiger charge is -2.41. The van der Waals surface area contributed by atoms with Crippen molar-refractivity contribution in [3.63, 3.8) is 0 Å². The number of nitrogens with zero attached hydrogens (tertiary/aromatic N) is 4. The van der Waals surface area contributed by atoms with Crippen LogP contribution in [-0.4, -0.2) is 61.6 Å². The van der Waals surface area contributed by atoms with Gasteiger partial charge in [-0.25, -0.2) is 4.98 Å². The summed E-state index contributed by atoms with van der Waals surface area (Å²) in [5.74, 6) is 0.180. The number of imidazole rings is 1. The van der Waals surface area contributed by atoms with Gasteiger partial charge < -0.3 is 14.6 Å². The number of hydrogen-bond donors (Lipinski definition) is 1. The Hall–Kier alpha value is -2.18. The number of piperidine rings is 1. The molecule has 144 valence electrons. The minimum Gasteiger partial charge on any atom is -0.388 e. The summed E-state index contributed by atoms with van der Waals surface area (Å²) in [7, 11) is 0. The highest BCUT2D eigenvalue weighted by molar-refractivity contribution is 5.81. The summed E-state index contributed by atoms with van der Waals surface area (Å²) < 4.78 is 1.91. The van der Waals surface area contributed by atoms with Crippen LogP contribution in [0.15, 0.2) is 43.0 Å². The van der Waals surface area contributed by atoms with Crippen molar-refractivity contribution in [3.05, 3.63) is 54.1 Å². The standard InChI is InChI=1S/C21H28N4O2/c1-17(25-10-6-18-4-2-3-5-19(18)14-25)20(26)24-11-7-21(27,8-12-24)15-23-13-9-22-16-23/h2-5,9,13,16-17,27H,6-8,10-12,14-15H2,1H3/t17-/m0/s1. The van der Waals surface area contributed by atoms with Gasteiger partial charge in [0.25, 0.3) is 0 Å². The summed E-state index contributed by atoms with van der Waals surface area (Å²) in [6, 6.07) is 8.38. The smallest absolute Gasteiger partial charge is 0.239 e. The summed E-state index contributed by atoms with van der Waals surface area (Å²) in [5, 5.41) is 10.8. The van der Waals surface area contributed by atoms with Crippen LogP contribution in [0.25, 0.3) is 0 Å². The zero-order chi connectivity index (χ0) is 18.9. The van der Waals surface area contributed by atoms with Crippen molar-refractivity contribution in [2.24, 2.45) is 0 Å². The quantitative estimate of drug-likeness (QED) is 0.892. The fourth-order valence-electron chi connectivity index (χ4n) is 4.29. The molecule has 1 aromatic heterocycles. The Morgan fingerprint density at radius 2 is 1.96 bits per heavy atom. The van der Waals surface area contributed by atoms with Crippen molar-refractivity contribution in [2.45, 2.75) is 50.9 Å². The third-order valence-electron chi connectivity index (χ3n) is 6.11. The van der Waals surface area contributed by atoms with Crippen LogP contribution >= 0.6 is 0 Å². The largest absolute Gasteiger partial charge is 0.388 e. The molecule has 0 saturated carbocycles. The van der Waals surface area contributed by atoms with Crippen LogP contribution in [0.3, 0.4) is 0 Å². The second-order valence-corrected chi connectivity index (χ2v) is 7.95. The van der Waals surface area contributed by atoms with Gasteiger partial charge in [0.2, 0.25) is 5.91 Å². The fraction of sp³-hybridized carbons (Fsp3) is 0.524. The Morgan fingerprint density at radius 1 is 1.22 bits per heavy atom. The first-order chi connectivity index (χ1) is 13.0. The number of carbonyl (C=O) groups is 1. The molecule has 6 heteroatoms. The molecule has 1 saturated heterocycles. The average molecular weight is 368 g/mol. The van der Waals surface area contributed by atoms with Crippen LogP contribution in [-0.2, 0) is 24.3 Å². The Balaban J connectivity index is 1.34. The molecular weight excluding hydrogens is 340 g/mol. The van der Waals surface area contributed by atoms with E-state index in [0.717, 1.165) is 19.5 Å². The lowest BCUT2D eigenvalue weighted by atomic mass is 9.90. The van der Waals surface area contributed by atoms with Gasteiger partial charge in [-0.05, 0) is 37.3 Å². The number of rotatable bonds is 4. The highest BCUT2D eigenvalue weighted by Gasteiger charge is 2.36. The van der Waals surface area contributed by atoms with Gasteiger partial charge in [0.05, 0.1) is 24.5 Å². The van der Waals surface area contributed by atoms with E-state index in [1.165, 1.54) is 11.1 Å². The first kappa shape index (κ1) is 18.2. The number of carbonyl (C=O) groups excluding carboxylic acids is 1. The third-order valence-corrected chi connectivity index (χ3v) is 6.11.